The van der Waals surface area contributed by atoms with Crippen LogP contribution in [0.4, 0.5) is 5.13 Å². The molecule has 0 saturated carbocycles. The molecular weight excluding hydrogens is 278 g/mol. The number of hydrogen-bond donors (Lipinski definition) is 1. The largest absolute Gasteiger partial charge is 0.252 e. The first-order valence-corrected chi connectivity index (χ1v) is 7.57. The quantitative estimate of drug-likeness (QED) is 0.562. The van der Waals surface area contributed by atoms with Gasteiger partial charge in [-0.2, -0.15) is 5.10 Å². The Balaban J connectivity index is 1.73. The van der Waals surface area contributed by atoms with E-state index >= 15 is 0 Å². The van der Waals surface area contributed by atoms with E-state index in [1.165, 1.54) is 0 Å². The molecule has 0 bridgehead atoms. The predicted molar refractivity (Wildman–Crippen MR) is 89.8 cm³/mol. The van der Waals surface area contributed by atoms with E-state index in [0.29, 0.717) is 0 Å². The normalized spacial score (nSPS) is 11.4. The van der Waals surface area contributed by atoms with Crippen molar-refractivity contribution in [1.82, 2.24) is 4.98 Å². The molecule has 2 aromatic carbocycles. The molecule has 104 valence electrons. The number of nitrogens with one attached hydrogen (secondary N) is 1. The van der Waals surface area contributed by atoms with Crippen LogP contribution < -0.4 is 5.43 Å². The van der Waals surface area contributed by atoms with Crippen LogP contribution in [0.5, 0.6) is 0 Å². The molecule has 4 heteroatoms. The van der Waals surface area contributed by atoms with E-state index < -0.39 is 0 Å². The molecule has 0 unspecified atom stereocenters. The molecular formula is C17H15N3S. The Morgan fingerprint density at radius 3 is 2.38 bits per heavy atom. The van der Waals surface area contributed by atoms with Crippen LogP contribution >= 0.6 is 11.3 Å². The lowest BCUT2D eigenvalue weighted by atomic mass is 10.1. The Bertz CT molecular complexity index is 733. The van der Waals surface area contributed by atoms with Crippen molar-refractivity contribution in [2.45, 2.75) is 6.92 Å². The summed E-state index contributed by atoms with van der Waals surface area (Å²) in [5.41, 5.74) is 7.15. The number of nitrogens with zero attached hydrogens (tertiary/aromatic N) is 2. The van der Waals surface area contributed by atoms with Gasteiger partial charge >= 0.3 is 0 Å². The fourth-order valence-corrected chi connectivity index (χ4v) is 2.60. The molecule has 0 saturated heterocycles. The predicted octanol–water partition coefficient (Wildman–Crippen LogP) is 4.65. The lowest BCUT2D eigenvalue weighted by Gasteiger charge is -2.00. The van der Waals surface area contributed by atoms with Crippen molar-refractivity contribution in [3.05, 3.63) is 71.6 Å². The maximum absolute atomic E-state index is 4.55. The van der Waals surface area contributed by atoms with Gasteiger partial charge < -0.3 is 0 Å². The van der Waals surface area contributed by atoms with Crippen molar-refractivity contribution in [2.75, 3.05) is 5.43 Å². The van der Waals surface area contributed by atoms with Gasteiger partial charge in [-0.25, -0.2) is 4.98 Å². The minimum atomic E-state index is 0.795. The second-order valence-electron chi connectivity index (χ2n) is 4.58. The smallest absolute Gasteiger partial charge is 0.203 e. The molecule has 0 aliphatic heterocycles. The number of hydrogen-bond acceptors (Lipinski definition) is 4. The first-order valence-electron chi connectivity index (χ1n) is 6.69. The van der Waals surface area contributed by atoms with Crippen molar-refractivity contribution in [1.29, 1.82) is 0 Å². The van der Waals surface area contributed by atoms with Crippen molar-refractivity contribution in [3.8, 4) is 11.3 Å². The second-order valence-corrected chi connectivity index (χ2v) is 5.44. The summed E-state index contributed by atoms with van der Waals surface area (Å²) in [5.74, 6) is 0. The molecule has 21 heavy (non-hydrogen) atoms. The SMILES string of the molecule is C/C(=N/Nc1nc(-c2ccccc2)cs1)c1ccccc1. The summed E-state index contributed by atoms with van der Waals surface area (Å²) in [6, 6.07) is 20.2. The Kier molecular flexibility index (Phi) is 4.07. The van der Waals surface area contributed by atoms with E-state index in [1.807, 2.05) is 60.8 Å². The van der Waals surface area contributed by atoms with Gasteiger partial charge in [0, 0.05) is 10.9 Å². The molecule has 0 spiro atoms. The molecule has 1 aromatic heterocycles. The molecule has 3 aromatic rings. The average Bonchev–Trinajstić information content (AvgIpc) is 3.03. The van der Waals surface area contributed by atoms with E-state index in [9.17, 15) is 0 Å². The van der Waals surface area contributed by atoms with Crippen LogP contribution in [0.25, 0.3) is 11.3 Å². The molecule has 3 nitrogen and oxygen atoms in total. The zero-order valence-corrected chi connectivity index (χ0v) is 12.5. The van der Waals surface area contributed by atoms with Crippen LogP contribution in [-0.4, -0.2) is 10.7 Å². The zero-order valence-electron chi connectivity index (χ0n) is 11.7. The fourth-order valence-electron chi connectivity index (χ4n) is 1.94. The Morgan fingerprint density at radius 2 is 1.67 bits per heavy atom. The van der Waals surface area contributed by atoms with E-state index in [-0.39, 0.29) is 0 Å². The number of anilines is 1. The third-order valence-corrected chi connectivity index (χ3v) is 3.83. The second kappa shape index (κ2) is 6.33. The van der Waals surface area contributed by atoms with Gasteiger partial charge in [-0.15, -0.1) is 11.3 Å². The molecule has 1 heterocycles. The summed E-state index contributed by atoms with van der Waals surface area (Å²) in [4.78, 5) is 4.55. The van der Waals surface area contributed by atoms with Gasteiger partial charge in [0.1, 0.15) is 0 Å². The lowest BCUT2D eigenvalue weighted by Crippen LogP contribution is -1.99. The third-order valence-electron chi connectivity index (χ3n) is 3.08. The van der Waals surface area contributed by atoms with Crippen molar-refractivity contribution < 1.29 is 0 Å². The number of hydrazone groups is 1. The summed E-state index contributed by atoms with van der Waals surface area (Å²) < 4.78 is 0. The van der Waals surface area contributed by atoms with Crippen LogP contribution in [0.3, 0.4) is 0 Å². The highest BCUT2D eigenvalue weighted by atomic mass is 32.1. The van der Waals surface area contributed by atoms with Gasteiger partial charge in [-0.1, -0.05) is 60.7 Å². The zero-order chi connectivity index (χ0) is 14.5. The summed E-state index contributed by atoms with van der Waals surface area (Å²) in [5, 5.41) is 7.21. The van der Waals surface area contributed by atoms with Gasteiger partial charge in [0.2, 0.25) is 5.13 Å². The number of benzene rings is 2. The van der Waals surface area contributed by atoms with Gasteiger partial charge in [0.15, 0.2) is 0 Å². The average molecular weight is 293 g/mol. The standard InChI is InChI=1S/C17H15N3S/c1-13(14-8-4-2-5-9-14)19-20-17-18-16(12-21-17)15-10-6-3-7-11-15/h2-12H,1H3,(H,18,20)/b19-13-. The molecule has 3 rings (SSSR count). The maximum atomic E-state index is 4.55. The first kappa shape index (κ1) is 13.5. The fraction of sp³-hybridized carbons (Fsp3) is 0.0588. The number of rotatable bonds is 4. The van der Waals surface area contributed by atoms with E-state index in [1.54, 1.807) is 11.3 Å². The van der Waals surface area contributed by atoms with Crippen LogP contribution in [0.1, 0.15) is 12.5 Å². The van der Waals surface area contributed by atoms with E-state index in [0.717, 1.165) is 27.7 Å². The molecule has 0 amide bonds. The Labute approximate surface area is 128 Å². The molecule has 0 fully saturated rings. The summed E-state index contributed by atoms with van der Waals surface area (Å²) >= 11 is 1.55. The lowest BCUT2D eigenvalue weighted by molar-refractivity contribution is 1.27. The summed E-state index contributed by atoms with van der Waals surface area (Å²) in [7, 11) is 0. The van der Waals surface area contributed by atoms with Crippen molar-refractivity contribution in [2.24, 2.45) is 5.10 Å². The molecule has 1 N–H and O–H groups in total. The van der Waals surface area contributed by atoms with E-state index in [4.69, 9.17) is 0 Å². The molecule has 0 aliphatic rings. The molecule has 0 atom stereocenters. The number of thiazole rings is 1. The third kappa shape index (κ3) is 3.35. The van der Waals surface area contributed by atoms with Gasteiger partial charge in [0.25, 0.3) is 0 Å². The van der Waals surface area contributed by atoms with Gasteiger partial charge in [-0.3, -0.25) is 5.43 Å². The summed E-state index contributed by atoms with van der Waals surface area (Å²) in [6.07, 6.45) is 0. The molecule has 0 aliphatic carbocycles. The minimum absolute atomic E-state index is 0.795. The number of aromatic nitrogens is 1. The Morgan fingerprint density at radius 1 is 1.00 bits per heavy atom. The van der Waals surface area contributed by atoms with Crippen molar-refractivity contribution >= 4 is 22.2 Å². The van der Waals surface area contributed by atoms with Crippen molar-refractivity contribution in [3.63, 3.8) is 0 Å². The van der Waals surface area contributed by atoms with Gasteiger partial charge in [0.05, 0.1) is 11.4 Å². The van der Waals surface area contributed by atoms with Crippen LogP contribution in [0.2, 0.25) is 0 Å². The Hall–Kier alpha value is -2.46. The maximum Gasteiger partial charge on any atom is 0.203 e. The molecule has 0 radical (unpaired) electrons. The van der Waals surface area contributed by atoms with Crippen LogP contribution in [0.15, 0.2) is 71.1 Å². The van der Waals surface area contributed by atoms with Gasteiger partial charge in [-0.05, 0) is 12.5 Å². The van der Waals surface area contributed by atoms with Crippen LogP contribution in [-0.2, 0) is 0 Å². The highest BCUT2D eigenvalue weighted by Gasteiger charge is 2.03. The van der Waals surface area contributed by atoms with Crippen LogP contribution in [0, 0.1) is 0 Å². The highest BCUT2D eigenvalue weighted by Crippen LogP contribution is 2.24. The monoisotopic (exact) mass is 293 g/mol. The first-order chi connectivity index (χ1) is 10.3. The minimum Gasteiger partial charge on any atom is -0.252 e. The highest BCUT2D eigenvalue weighted by molar-refractivity contribution is 7.14. The summed E-state index contributed by atoms with van der Waals surface area (Å²) in [6.45, 7) is 1.98. The topological polar surface area (TPSA) is 37.3 Å². The van der Waals surface area contributed by atoms with E-state index in [2.05, 4.69) is 27.6 Å².